The zero-order chi connectivity index (χ0) is 10.3. The zero-order valence-corrected chi connectivity index (χ0v) is 10.0. The molecule has 1 atom stereocenters. The Kier molecular flexibility index (Phi) is 7.29. The molecule has 0 saturated heterocycles. The van der Waals surface area contributed by atoms with E-state index in [0.717, 1.165) is 12.5 Å². The average Bonchev–Trinajstić information content (AvgIpc) is 2.01. The van der Waals surface area contributed by atoms with Gasteiger partial charge in [0.1, 0.15) is 0 Å². The fourth-order valence-corrected chi connectivity index (χ4v) is 1.58. The molecule has 0 aliphatic rings. The fraction of sp³-hybridized carbons (Fsp3) is 1.00. The van der Waals surface area contributed by atoms with Gasteiger partial charge in [0.15, 0.2) is 0 Å². The maximum Gasteiger partial charge on any atom is 0.0106 e. The SMILES string of the molecule is CCC[C@H](C)CN(C)CCN(C)C. The Morgan fingerprint density at radius 1 is 1.08 bits per heavy atom. The molecule has 80 valence electrons. The first-order valence-electron chi connectivity index (χ1n) is 5.39. The molecule has 0 bridgehead atoms. The molecule has 0 spiro atoms. The highest BCUT2D eigenvalue weighted by Gasteiger charge is 2.05. The number of hydrogen-bond acceptors (Lipinski definition) is 2. The van der Waals surface area contributed by atoms with Gasteiger partial charge in [0, 0.05) is 19.6 Å². The molecule has 0 aromatic heterocycles. The van der Waals surface area contributed by atoms with Crippen LogP contribution < -0.4 is 0 Å². The Labute approximate surface area is 83.9 Å². The molecule has 0 aliphatic carbocycles. The summed E-state index contributed by atoms with van der Waals surface area (Å²) in [5.74, 6) is 0.845. The largest absolute Gasteiger partial charge is 0.308 e. The third-order valence-electron chi connectivity index (χ3n) is 2.33. The number of nitrogens with zero attached hydrogens (tertiary/aromatic N) is 2. The summed E-state index contributed by atoms with van der Waals surface area (Å²) in [6.07, 6.45) is 2.66. The summed E-state index contributed by atoms with van der Waals surface area (Å²) < 4.78 is 0. The van der Waals surface area contributed by atoms with Gasteiger partial charge in [0.05, 0.1) is 0 Å². The molecular weight excluding hydrogens is 160 g/mol. The van der Waals surface area contributed by atoms with Crippen LogP contribution >= 0.6 is 0 Å². The number of rotatable bonds is 7. The van der Waals surface area contributed by atoms with Crippen molar-refractivity contribution in [3.8, 4) is 0 Å². The molecule has 0 unspecified atom stereocenters. The van der Waals surface area contributed by atoms with Crippen LogP contribution in [0.15, 0.2) is 0 Å². The predicted octanol–water partition coefficient (Wildman–Crippen LogP) is 1.92. The van der Waals surface area contributed by atoms with Crippen LogP contribution in [0.5, 0.6) is 0 Å². The Bertz CT molecular complexity index is 113. The van der Waals surface area contributed by atoms with Gasteiger partial charge in [-0.3, -0.25) is 0 Å². The topological polar surface area (TPSA) is 6.48 Å². The zero-order valence-electron chi connectivity index (χ0n) is 10.0. The third-order valence-corrected chi connectivity index (χ3v) is 2.33. The predicted molar refractivity (Wildman–Crippen MR) is 60.1 cm³/mol. The molecular formula is C11H26N2. The van der Waals surface area contributed by atoms with Crippen molar-refractivity contribution >= 4 is 0 Å². The lowest BCUT2D eigenvalue weighted by molar-refractivity contribution is 0.247. The molecule has 0 radical (unpaired) electrons. The maximum absolute atomic E-state index is 2.43. The van der Waals surface area contributed by atoms with E-state index < -0.39 is 0 Å². The van der Waals surface area contributed by atoms with Crippen molar-refractivity contribution in [3.63, 3.8) is 0 Å². The standard InChI is InChI=1S/C11H26N2/c1-6-7-11(2)10-13(5)9-8-12(3)4/h11H,6-10H2,1-5H3/t11-/m0/s1. The first-order chi connectivity index (χ1) is 6.06. The fourth-order valence-electron chi connectivity index (χ4n) is 1.58. The summed E-state index contributed by atoms with van der Waals surface area (Å²) in [7, 11) is 6.47. The van der Waals surface area contributed by atoms with Gasteiger partial charge >= 0.3 is 0 Å². The summed E-state index contributed by atoms with van der Waals surface area (Å²) >= 11 is 0. The lowest BCUT2D eigenvalue weighted by atomic mass is 10.1. The second-order valence-electron chi connectivity index (χ2n) is 4.46. The van der Waals surface area contributed by atoms with Crippen LogP contribution in [0.3, 0.4) is 0 Å². The van der Waals surface area contributed by atoms with Gasteiger partial charge in [-0.15, -0.1) is 0 Å². The maximum atomic E-state index is 2.43. The van der Waals surface area contributed by atoms with E-state index in [4.69, 9.17) is 0 Å². The third kappa shape index (κ3) is 8.26. The summed E-state index contributed by atoms with van der Waals surface area (Å²) in [5, 5.41) is 0. The van der Waals surface area contributed by atoms with Crippen molar-refractivity contribution in [1.82, 2.24) is 9.80 Å². The molecule has 0 aromatic carbocycles. The van der Waals surface area contributed by atoms with Crippen molar-refractivity contribution in [1.29, 1.82) is 0 Å². The number of hydrogen-bond donors (Lipinski definition) is 0. The Morgan fingerprint density at radius 2 is 1.69 bits per heavy atom. The van der Waals surface area contributed by atoms with Crippen molar-refractivity contribution in [3.05, 3.63) is 0 Å². The monoisotopic (exact) mass is 186 g/mol. The molecule has 0 rings (SSSR count). The molecule has 13 heavy (non-hydrogen) atoms. The molecule has 0 aliphatic heterocycles. The molecule has 2 nitrogen and oxygen atoms in total. The van der Waals surface area contributed by atoms with Gasteiger partial charge in [-0.2, -0.15) is 0 Å². The highest BCUT2D eigenvalue weighted by atomic mass is 15.1. The van der Waals surface area contributed by atoms with Crippen LogP contribution in [0.1, 0.15) is 26.7 Å². The van der Waals surface area contributed by atoms with E-state index in [1.165, 1.54) is 25.9 Å². The summed E-state index contributed by atoms with van der Waals surface area (Å²) in [6.45, 7) is 8.18. The van der Waals surface area contributed by atoms with E-state index in [0.29, 0.717) is 0 Å². The molecule has 2 heteroatoms. The summed E-state index contributed by atoms with van der Waals surface area (Å²) in [5.41, 5.74) is 0. The van der Waals surface area contributed by atoms with Crippen molar-refractivity contribution in [2.75, 3.05) is 40.8 Å². The van der Waals surface area contributed by atoms with Gasteiger partial charge in [-0.05, 0) is 33.5 Å². The Morgan fingerprint density at radius 3 is 2.15 bits per heavy atom. The van der Waals surface area contributed by atoms with Crippen LogP contribution in [0.4, 0.5) is 0 Å². The Hall–Kier alpha value is -0.0800. The number of likely N-dealkylation sites (N-methyl/N-ethyl adjacent to an activating group) is 2. The van der Waals surface area contributed by atoms with Crippen molar-refractivity contribution in [2.24, 2.45) is 5.92 Å². The first-order valence-corrected chi connectivity index (χ1v) is 5.39. The molecule has 0 N–H and O–H groups in total. The minimum Gasteiger partial charge on any atom is -0.308 e. The minimum atomic E-state index is 0.845. The average molecular weight is 186 g/mol. The van der Waals surface area contributed by atoms with Crippen LogP contribution in [-0.2, 0) is 0 Å². The quantitative estimate of drug-likeness (QED) is 0.599. The van der Waals surface area contributed by atoms with E-state index in [1.54, 1.807) is 0 Å². The molecule has 0 aromatic rings. The van der Waals surface area contributed by atoms with Gasteiger partial charge in [0.2, 0.25) is 0 Å². The molecule has 0 heterocycles. The van der Waals surface area contributed by atoms with Crippen LogP contribution in [-0.4, -0.2) is 50.6 Å². The van der Waals surface area contributed by atoms with E-state index >= 15 is 0 Å². The van der Waals surface area contributed by atoms with E-state index in [1.807, 2.05) is 0 Å². The normalized spacial score (nSPS) is 14.1. The van der Waals surface area contributed by atoms with Crippen molar-refractivity contribution < 1.29 is 0 Å². The molecule has 0 saturated carbocycles. The van der Waals surface area contributed by atoms with Gasteiger partial charge in [-0.25, -0.2) is 0 Å². The van der Waals surface area contributed by atoms with Gasteiger partial charge < -0.3 is 9.80 Å². The smallest absolute Gasteiger partial charge is 0.0106 e. The van der Waals surface area contributed by atoms with E-state index in [-0.39, 0.29) is 0 Å². The van der Waals surface area contributed by atoms with E-state index in [2.05, 4.69) is 44.8 Å². The van der Waals surface area contributed by atoms with Crippen LogP contribution in [0, 0.1) is 5.92 Å². The molecule has 0 fully saturated rings. The molecule has 0 amide bonds. The lowest BCUT2D eigenvalue weighted by Gasteiger charge is -2.22. The second kappa shape index (κ2) is 7.34. The second-order valence-corrected chi connectivity index (χ2v) is 4.46. The lowest BCUT2D eigenvalue weighted by Crippen LogP contribution is -2.31. The van der Waals surface area contributed by atoms with Gasteiger partial charge in [-0.1, -0.05) is 20.3 Å². The minimum absolute atomic E-state index is 0.845. The van der Waals surface area contributed by atoms with E-state index in [9.17, 15) is 0 Å². The first kappa shape index (κ1) is 12.9. The van der Waals surface area contributed by atoms with Crippen molar-refractivity contribution in [2.45, 2.75) is 26.7 Å². The van der Waals surface area contributed by atoms with Gasteiger partial charge in [0.25, 0.3) is 0 Å². The Balaban J connectivity index is 3.43. The van der Waals surface area contributed by atoms with Crippen LogP contribution in [0.2, 0.25) is 0 Å². The summed E-state index contributed by atoms with van der Waals surface area (Å²) in [6, 6.07) is 0. The van der Waals surface area contributed by atoms with Crippen LogP contribution in [0.25, 0.3) is 0 Å². The summed E-state index contributed by atoms with van der Waals surface area (Å²) in [4.78, 5) is 4.67. The highest BCUT2D eigenvalue weighted by Crippen LogP contribution is 2.05. The highest BCUT2D eigenvalue weighted by molar-refractivity contribution is 4.59.